The van der Waals surface area contributed by atoms with E-state index in [-0.39, 0.29) is 0 Å². The normalized spacial score (nSPS) is 31.4. The molecule has 3 N–H and O–H groups in total. The molecule has 110 valence electrons. The molecule has 0 spiro atoms. The van der Waals surface area contributed by atoms with Crippen molar-refractivity contribution in [3.63, 3.8) is 0 Å². The minimum atomic E-state index is -0.684. The highest BCUT2D eigenvalue weighted by molar-refractivity contribution is 5.64. The first kappa shape index (κ1) is 14.6. The van der Waals surface area contributed by atoms with E-state index in [9.17, 15) is 4.79 Å². The first-order valence-corrected chi connectivity index (χ1v) is 7.47. The predicted molar refractivity (Wildman–Crippen MR) is 74.9 cm³/mol. The Bertz CT molecular complexity index is 295. The number of amides is 1. The van der Waals surface area contributed by atoms with Crippen LogP contribution in [0.15, 0.2) is 0 Å². The average Bonchev–Trinajstić information content (AvgIpc) is 2.33. The molecular weight excluding hydrogens is 242 g/mol. The summed E-state index contributed by atoms with van der Waals surface area (Å²) in [6.45, 7) is 8.04. The number of nitrogens with zero attached hydrogens (tertiary/aromatic N) is 1. The van der Waals surface area contributed by atoms with Crippen molar-refractivity contribution in [2.45, 2.75) is 45.2 Å². The van der Waals surface area contributed by atoms with Crippen LogP contribution in [-0.4, -0.2) is 49.3 Å². The zero-order chi connectivity index (χ0) is 13.8. The third kappa shape index (κ3) is 3.83. The van der Waals surface area contributed by atoms with Crippen LogP contribution in [0.4, 0.5) is 4.79 Å². The van der Waals surface area contributed by atoms with Crippen LogP contribution in [0.1, 0.15) is 33.1 Å². The SMILES string of the molecule is CC(C)N1CC2CCCC(C1)C2NCCOC(N)=O. The molecule has 2 aliphatic rings. The number of carbonyl (C=O) groups excluding carboxylic acids is 1. The molecule has 5 heteroatoms. The minimum absolute atomic E-state index is 0.374. The number of nitrogens with one attached hydrogen (secondary N) is 1. The summed E-state index contributed by atoms with van der Waals surface area (Å²) in [5.41, 5.74) is 4.96. The molecule has 2 rings (SSSR count). The van der Waals surface area contributed by atoms with Crippen molar-refractivity contribution in [1.29, 1.82) is 0 Å². The molecule has 19 heavy (non-hydrogen) atoms. The molecule has 1 amide bonds. The second-order valence-corrected chi connectivity index (χ2v) is 6.15. The lowest BCUT2D eigenvalue weighted by Gasteiger charge is -2.49. The van der Waals surface area contributed by atoms with E-state index in [1.807, 2.05) is 0 Å². The first-order chi connectivity index (χ1) is 9.08. The molecule has 1 aliphatic carbocycles. The van der Waals surface area contributed by atoms with Gasteiger partial charge in [0.1, 0.15) is 6.61 Å². The van der Waals surface area contributed by atoms with Crippen LogP contribution in [0, 0.1) is 11.8 Å². The van der Waals surface area contributed by atoms with Crippen molar-refractivity contribution in [2.75, 3.05) is 26.2 Å². The maximum Gasteiger partial charge on any atom is 0.404 e. The highest BCUT2D eigenvalue weighted by Gasteiger charge is 2.39. The fourth-order valence-corrected chi connectivity index (χ4v) is 3.61. The maximum absolute atomic E-state index is 10.5. The fraction of sp³-hybridized carbons (Fsp3) is 0.929. The summed E-state index contributed by atoms with van der Waals surface area (Å²) in [6.07, 6.45) is 3.30. The van der Waals surface area contributed by atoms with Gasteiger partial charge >= 0.3 is 6.09 Å². The van der Waals surface area contributed by atoms with Gasteiger partial charge in [-0.05, 0) is 38.5 Å². The highest BCUT2D eigenvalue weighted by Crippen LogP contribution is 2.35. The van der Waals surface area contributed by atoms with E-state index in [1.165, 1.54) is 32.4 Å². The van der Waals surface area contributed by atoms with Crippen molar-refractivity contribution < 1.29 is 9.53 Å². The Morgan fingerprint density at radius 3 is 2.53 bits per heavy atom. The van der Waals surface area contributed by atoms with E-state index in [4.69, 9.17) is 10.5 Å². The van der Waals surface area contributed by atoms with E-state index in [0.29, 0.717) is 25.2 Å². The molecule has 1 saturated heterocycles. The summed E-state index contributed by atoms with van der Waals surface area (Å²) >= 11 is 0. The minimum Gasteiger partial charge on any atom is -0.448 e. The lowest BCUT2D eigenvalue weighted by atomic mass is 9.73. The number of likely N-dealkylation sites (tertiary alicyclic amines) is 1. The number of rotatable bonds is 5. The molecule has 2 fully saturated rings. The van der Waals surface area contributed by atoms with Gasteiger partial charge in [-0.1, -0.05) is 6.42 Å². The fourth-order valence-electron chi connectivity index (χ4n) is 3.61. The van der Waals surface area contributed by atoms with Crippen molar-refractivity contribution in [3.8, 4) is 0 Å². The van der Waals surface area contributed by atoms with Gasteiger partial charge in [-0.2, -0.15) is 0 Å². The number of nitrogens with two attached hydrogens (primary N) is 1. The Morgan fingerprint density at radius 1 is 1.37 bits per heavy atom. The Morgan fingerprint density at radius 2 is 2.00 bits per heavy atom. The van der Waals surface area contributed by atoms with E-state index < -0.39 is 6.09 Å². The smallest absolute Gasteiger partial charge is 0.404 e. The molecule has 2 unspecified atom stereocenters. The molecule has 0 aromatic heterocycles. The lowest BCUT2D eigenvalue weighted by molar-refractivity contribution is 0.0277. The van der Waals surface area contributed by atoms with E-state index in [0.717, 1.165) is 11.8 Å². The molecule has 5 nitrogen and oxygen atoms in total. The van der Waals surface area contributed by atoms with Gasteiger partial charge in [0, 0.05) is 31.7 Å². The van der Waals surface area contributed by atoms with Gasteiger partial charge in [-0.25, -0.2) is 4.79 Å². The molecule has 0 aromatic carbocycles. The average molecular weight is 269 g/mol. The quantitative estimate of drug-likeness (QED) is 0.736. The van der Waals surface area contributed by atoms with Crippen LogP contribution < -0.4 is 11.1 Å². The highest BCUT2D eigenvalue weighted by atomic mass is 16.5. The number of piperidine rings is 1. The summed E-state index contributed by atoms with van der Waals surface area (Å²) in [5.74, 6) is 1.48. The van der Waals surface area contributed by atoms with Crippen molar-refractivity contribution in [1.82, 2.24) is 10.2 Å². The molecule has 0 aromatic rings. The second-order valence-electron chi connectivity index (χ2n) is 6.15. The van der Waals surface area contributed by atoms with Crippen LogP contribution in [-0.2, 0) is 4.74 Å². The summed E-state index contributed by atoms with van der Waals surface area (Å²) in [4.78, 5) is 13.1. The van der Waals surface area contributed by atoms with Crippen LogP contribution >= 0.6 is 0 Å². The molecule has 0 radical (unpaired) electrons. The molecular formula is C14H27N3O2. The van der Waals surface area contributed by atoms with Crippen LogP contribution in [0.5, 0.6) is 0 Å². The molecule has 1 saturated carbocycles. The summed E-state index contributed by atoms with van der Waals surface area (Å²) in [5, 5.41) is 3.58. The predicted octanol–water partition coefficient (Wildman–Crippen LogP) is 1.18. The Balaban J connectivity index is 1.82. The van der Waals surface area contributed by atoms with Crippen LogP contribution in [0.3, 0.4) is 0 Å². The third-order valence-electron chi connectivity index (χ3n) is 4.56. The topological polar surface area (TPSA) is 67.6 Å². The summed E-state index contributed by atoms with van der Waals surface area (Å²) in [7, 11) is 0. The standard InChI is InChI=1S/C14H27N3O2/c1-10(2)17-8-11-4-3-5-12(9-17)13(11)16-6-7-19-14(15)18/h10-13,16H,3-9H2,1-2H3,(H2,15,18). The maximum atomic E-state index is 10.5. The van der Waals surface area contributed by atoms with E-state index >= 15 is 0 Å². The lowest BCUT2D eigenvalue weighted by Crippen LogP contribution is -2.58. The zero-order valence-electron chi connectivity index (χ0n) is 12.1. The largest absolute Gasteiger partial charge is 0.448 e. The van der Waals surface area contributed by atoms with E-state index in [1.54, 1.807) is 0 Å². The van der Waals surface area contributed by atoms with Gasteiger partial charge in [0.25, 0.3) is 0 Å². The van der Waals surface area contributed by atoms with Crippen molar-refractivity contribution >= 4 is 6.09 Å². The van der Waals surface area contributed by atoms with E-state index in [2.05, 4.69) is 24.1 Å². The molecule has 2 bridgehead atoms. The number of fused-ring (bicyclic) bond motifs is 2. The Hall–Kier alpha value is -0.810. The summed E-state index contributed by atoms with van der Waals surface area (Å²) < 4.78 is 4.78. The molecule has 2 atom stereocenters. The number of ether oxygens (including phenoxy) is 1. The number of primary amides is 1. The first-order valence-electron chi connectivity index (χ1n) is 7.47. The van der Waals surface area contributed by atoms with Gasteiger partial charge < -0.3 is 20.7 Å². The monoisotopic (exact) mass is 269 g/mol. The van der Waals surface area contributed by atoms with Crippen LogP contribution in [0.2, 0.25) is 0 Å². The Kier molecular flexibility index (Phi) is 5.05. The number of hydrogen-bond acceptors (Lipinski definition) is 4. The third-order valence-corrected chi connectivity index (χ3v) is 4.56. The van der Waals surface area contributed by atoms with Crippen LogP contribution in [0.25, 0.3) is 0 Å². The van der Waals surface area contributed by atoms with Gasteiger partial charge in [0.05, 0.1) is 0 Å². The Labute approximate surface area is 115 Å². The molecule has 1 aliphatic heterocycles. The van der Waals surface area contributed by atoms with Crippen molar-refractivity contribution in [2.24, 2.45) is 17.6 Å². The van der Waals surface area contributed by atoms with Gasteiger partial charge in [0.2, 0.25) is 0 Å². The summed E-state index contributed by atoms with van der Waals surface area (Å²) in [6, 6.07) is 1.22. The number of hydrogen-bond donors (Lipinski definition) is 2. The van der Waals surface area contributed by atoms with Gasteiger partial charge in [-0.15, -0.1) is 0 Å². The van der Waals surface area contributed by atoms with Crippen molar-refractivity contribution in [3.05, 3.63) is 0 Å². The zero-order valence-corrected chi connectivity index (χ0v) is 12.1. The number of carbonyl (C=O) groups is 1. The van der Waals surface area contributed by atoms with Gasteiger partial charge in [0.15, 0.2) is 0 Å². The molecule has 1 heterocycles. The van der Waals surface area contributed by atoms with Gasteiger partial charge in [-0.3, -0.25) is 0 Å². The second kappa shape index (κ2) is 6.57.